The van der Waals surface area contributed by atoms with E-state index < -0.39 is 0 Å². The number of hydrogen-bond acceptors (Lipinski definition) is 2. The van der Waals surface area contributed by atoms with Crippen molar-refractivity contribution in [1.82, 2.24) is 4.98 Å². The maximum atomic E-state index is 4.40. The average Bonchev–Trinajstić information content (AvgIpc) is 2.46. The van der Waals surface area contributed by atoms with Crippen LogP contribution in [0, 0.1) is 12.8 Å². The second-order valence-electron chi connectivity index (χ2n) is 3.33. The van der Waals surface area contributed by atoms with Crippen LogP contribution in [0.5, 0.6) is 0 Å². The van der Waals surface area contributed by atoms with Crippen LogP contribution in [-0.4, -0.2) is 10.3 Å². The summed E-state index contributed by atoms with van der Waals surface area (Å²) in [4.78, 5) is 4.40. The van der Waals surface area contributed by atoms with Crippen LogP contribution in [0.25, 0.3) is 6.08 Å². The average molecular weight is 260 g/mol. The molecule has 0 spiro atoms. The monoisotopic (exact) mass is 259 g/mol. The second-order valence-corrected chi connectivity index (χ2v) is 4.79. The molecule has 0 N–H and O–H groups in total. The number of aromatic nitrogens is 1. The summed E-state index contributed by atoms with van der Waals surface area (Å²) in [6.07, 6.45) is 2.18. The number of hydrogen-bond donors (Lipinski definition) is 0. The minimum Gasteiger partial charge on any atom is -0.242 e. The zero-order valence-electron chi connectivity index (χ0n) is 8.17. The Labute approximate surface area is 92.0 Å². The Morgan fingerprint density at radius 2 is 2.38 bits per heavy atom. The van der Waals surface area contributed by atoms with E-state index in [1.807, 2.05) is 6.92 Å². The lowest BCUT2D eigenvalue weighted by molar-refractivity contribution is 0.780. The Morgan fingerprint density at radius 3 is 2.77 bits per heavy atom. The molecule has 0 saturated heterocycles. The second kappa shape index (κ2) is 4.91. The van der Waals surface area contributed by atoms with Crippen molar-refractivity contribution in [2.75, 3.05) is 5.33 Å². The highest BCUT2D eigenvalue weighted by atomic mass is 79.9. The molecular formula is C10H14BrNS. The third-order valence-corrected chi connectivity index (χ3v) is 3.40. The van der Waals surface area contributed by atoms with Crippen LogP contribution >= 0.6 is 27.3 Å². The van der Waals surface area contributed by atoms with Crippen molar-refractivity contribution in [3.8, 4) is 0 Å². The van der Waals surface area contributed by atoms with Gasteiger partial charge in [-0.25, -0.2) is 4.98 Å². The van der Waals surface area contributed by atoms with Gasteiger partial charge in [-0.15, -0.1) is 11.3 Å². The molecule has 0 unspecified atom stereocenters. The fourth-order valence-corrected chi connectivity index (χ4v) is 2.53. The van der Waals surface area contributed by atoms with Crippen molar-refractivity contribution in [3.63, 3.8) is 0 Å². The molecule has 3 heteroatoms. The third-order valence-electron chi connectivity index (χ3n) is 1.84. The molecule has 0 aliphatic rings. The van der Waals surface area contributed by atoms with Crippen molar-refractivity contribution in [2.45, 2.75) is 20.8 Å². The number of rotatable bonds is 3. The molecule has 0 amide bonds. The molecule has 0 radical (unpaired) electrons. The van der Waals surface area contributed by atoms with Crippen molar-refractivity contribution < 1.29 is 0 Å². The van der Waals surface area contributed by atoms with Crippen LogP contribution in [0.2, 0.25) is 0 Å². The molecule has 1 heterocycles. The quantitative estimate of drug-likeness (QED) is 0.751. The molecule has 0 aliphatic heterocycles. The summed E-state index contributed by atoms with van der Waals surface area (Å²) >= 11 is 5.19. The normalized spacial score (nSPS) is 12.5. The van der Waals surface area contributed by atoms with Crippen LogP contribution in [0.4, 0.5) is 0 Å². The number of allylic oxidation sites excluding steroid dienone is 1. The van der Waals surface area contributed by atoms with Gasteiger partial charge in [-0.3, -0.25) is 0 Å². The van der Waals surface area contributed by atoms with E-state index in [4.69, 9.17) is 0 Å². The molecule has 0 saturated carbocycles. The first kappa shape index (κ1) is 10.9. The van der Waals surface area contributed by atoms with Crippen LogP contribution in [0.15, 0.2) is 11.0 Å². The van der Waals surface area contributed by atoms with Gasteiger partial charge in [0.25, 0.3) is 0 Å². The summed E-state index contributed by atoms with van der Waals surface area (Å²) in [6.45, 7) is 6.43. The van der Waals surface area contributed by atoms with E-state index in [1.165, 1.54) is 5.57 Å². The van der Waals surface area contributed by atoms with Crippen LogP contribution < -0.4 is 0 Å². The summed E-state index contributed by atoms with van der Waals surface area (Å²) < 4.78 is 0. The molecule has 13 heavy (non-hydrogen) atoms. The number of thiazole rings is 1. The van der Waals surface area contributed by atoms with Gasteiger partial charge in [0.1, 0.15) is 5.01 Å². The van der Waals surface area contributed by atoms with Crippen LogP contribution in [0.3, 0.4) is 0 Å². The summed E-state index contributed by atoms with van der Waals surface area (Å²) in [5, 5.41) is 4.13. The molecular weight excluding hydrogens is 246 g/mol. The maximum absolute atomic E-state index is 4.40. The van der Waals surface area contributed by atoms with Gasteiger partial charge in [0, 0.05) is 16.4 Å². The standard InChI is InChI=1S/C10H14BrNS/c1-7(2)9(5-11)4-10-12-8(3)6-13-10/h4,6-7H,5H2,1-3H3. The smallest absolute Gasteiger partial charge is 0.116 e. The van der Waals surface area contributed by atoms with E-state index in [9.17, 15) is 0 Å². The summed E-state index contributed by atoms with van der Waals surface area (Å²) in [6, 6.07) is 0. The number of alkyl halides is 1. The van der Waals surface area contributed by atoms with Crippen LogP contribution in [0.1, 0.15) is 24.5 Å². The minimum absolute atomic E-state index is 0.587. The molecule has 72 valence electrons. The van der Waals surface area contributed by atoms with Gasteiger partial charge in [-0.05, 0) is 18.9 Å². The zero-order valence-corrected chi connectivity index (χ0v) is 10.6. The topological polar surface area (TPSA) is 12.9 Å². The lowest BCUT2D eigenvalue weighted by Gasteiger charge is -2.05. The first-order valence-corrected chi connectivity index (χ1v) is 6.32. The fourth-order valence-electron chi connectivity index (χ4n) is 0.957. The molecule has 1 nitrogen and oxygen atoms in total. The molecule has 0 aliphatic carbocycles. The fraction of sp³-hybridized carbons (Fsp3) is 0.500. The Kier molecular flexibility index (Phi) is 4.13. The minimum atomic E-state index is 0.587. The Morgan fingerprint density at radius 1 is 1.69 bits per heavy atom. The van der Waals surface area contributed by atoms with Gasteiger partial charge in [-0.2, -0.15) is 0 Å². The first-order chi connectivity index (χ1) is 6.13. The molecule has 0 fully saturated rings. The Bertz CT molecular complexity index is 302. The van der Waals surface area contributed by atoms with Crippen molar-refractivity contribution in [1.29, 1.82) is 0 Å². The van der Waals surface area contributed by atoms with Gasteiger partial charge in [0.15, 0.2) is 0 Å². The summed E-state index contributed by atoms with van der Waals surface area (Å²) in [7, 11) is 0. The number of aryl methyl sites for hydroxylation is 1. The molecule has 1 rings (SSSR count). The number of halogens is 1. The lowest BCUT2D eigenvalue weighted by atomic mass is 10.1. The molecule has 0 bridgehead atoms. The zero-order chi connectivity index (χ0) is 9.84. The van der Waals surface area contributed by atoms with Gasteiger partial charge >= 0.3 is 0 Å². The van der Waals surface area contributed by atoms with Crippen LogP contribution in [-0.2, 0) is 0 Å². The third kappa shape index (κ3) is 3.24. The van der Waals surface area contributed by atoms with Gasteiger partial charge in [0.05, 0.1) is 0 Å². The Balaban J connectivity index is 2.84. The summed E-state index contributed by atoms with van der Waals surface area (Å²) in [5.74, 6) is 0.587. The van der Waals surface area contributed by atoms with Crippen molar-refractivity contribution in [3.05, 3.63) is 21.7 Å². The van der Waals surface area contributed by atoms with E-state index in [-0.39, 0.29) is 0 Å². The van der Waals surface area contributed by atoms with Gasteiger partial charge in [-0.1, -0.05) is 35.4 Å². The van der Waals surface area contributed by atoms with E-state index in [0.717, 1.165) is 16.0 Å². The molecule has 0 aromatic carbocycles. The Hall–Kier alpha value is -0.150. The van der Waals surface area contributed by atoms with Crippen molar-refractivity contribution >= 4 is 33.3 Å². The highest BCUT2D eigenvalue weighted by Crippen LogP contribution is 2.19. The van der Waals surface area contributed by atoms with Crippen molar-refractivity contribution in [2.24, 2.45) is 5.92 Å². The summed E-state index contributed by atoms with van der Waals surface area (Å²) in [5.41, 5.74) is 2.50. The predicted molar refractivity (Wildman–Crippen MR) is 63.5 cm³/mol. The number of nitrogens with zero attached hydrogens (tertiary/aromatic N) is 1. The largest absolute Gasteiger partial charge is 0.242 e. The van der Waals surface area contributed by atoms with Gasteiger partial charge in [0.2, 0.25) is 0 Å². The molecule has 1 aromatic heterocycles. The van der Waals surface area contributed by atoms with E-state index >= 15 is 0 Å². The molecule has 0 atom stereocenters. The van der Waals surface area contributed by atoms with E-state index in [2.05, 4.69) is 46.2 Å². The van der Waals surface area contributed by atoms with Gasteiger partial charge < -0.3 is 0 Å². The highest BCUT2D eigenvalue weighted by Gasteiger charge is 2.03. The maximum Gasteiger partial charge on any atom is 0.116 e. The lowest BCUT2D eigenvalue weighted by Crippen LogP contribution is -1.94. The molecule has 1 aromatic rings. The highest BCUT2D eigenvalue weighted by molar-refractivity contribution is 9.09. The SMILES string of the molecule is Cc1csc(C=C(CBr)C(C)C)n1. The first-order valence-electron chi connectivity index (χ1n) is 4.32. The van der Waals surface area contributed by atoms with E-state index in [0.29, 0.717) is 5.92 Å². The van der Waals surface area contributed by atoms with E-state index in [1.54, 1.807) is 11.3 Å². The predicted octanol–water partition coefficient (Wildman–Crippen LogP) is 3.89.